The van der Waals surface area contributed by atoms with Crippen LogP contribution in [0.1, 0.15) is 64.9 Å². The van der Waals surface area contributed by atoms with Gasteiger partial charge in [0.05, 0.1) is 6.61 Å². The first kappa shape index (κ1) is 21.4. The molecule has 0 spiro atoms. The summed E-state index contributed by atoms with van der Waals surface area (Å²) in [5, 5.41) is 0. The van der Waals surface area contributed by atoms with Gasteiger partial charge in [-0.25, -0.2) is 0 Å². The molecule has 0 N–H and O–H groups in total. The minimum atomic E-state index is 0.402. The number of hydrogen-bond donors (Lipinski definition) is 0. The normalized spacial score (nSPS) is 14.3. The highest BCUT2D eigenvalue weighted by Crippen LogP contribution is 2.32. The third kappa shape index (κ3) is 8.30. The van der Waals surface area contributed by atoms with E-state index in [4.69, 9.17) is 0 Å². The predicted molar refractivity (Wildman–Crippen MR) is 102 cm³/mol. The summed E-state index contributed by atoms with van der Waals surface area (Å²) in [4.78, 5) is 23.0. The molecule has 0 aliphatic heterocycles. The molecule has 1 fully saturated rings. The van der Waals surface area contributed by atoms with E-state index >= 15 is 0 Å². The first-order valence-electron chi connectivity index (χ1n) is 9.33. The van der Waals surface area contributed by atoms with Crippen molar-refractivity contribution in [2.75, 3.05) is 13.2 Å². The Bertz CT molecular complexity index is 483. The fourth-order valence-corrected chi connectivity index (χ4v) is 3.09. The van der Waals surface area contributed by atoms with Crippen molar-refractivity contribution < 1.29 is 14.3 Å². The highest BCUT2D eigenvalue weighted by atomic mass is 16.5. The summed E-state index contributed by atoms with van der Waals surface area (Å²) in [7, 11) is 0. The highest BCUT2D eigenvalue weighted by Gasteiger charge is 2.27. The van der Waals surface area contributed by atoms with E-state index in [1.807, 2.05) is 18.2 Å². The Balaban J connectivity index is 0.000000255. The van der Waals surface area contributed by atoms with Gasteiger partial charge >= 0.3 is 0 Å². The summed E-state index contributed by atoms with van der Waals surface area (Å²) in [6, 6.07) is 11.4. The zero-order valence-electron chi connectivity index (χ0n) is 16.1. The Labute approximate surface area is 152 Å². The second-order valence-corrected chi connectivity index (χ2v) is 7.15. The van der Waals surface area contributed by atoms with Crippen molar-refractivity contribution in [2.24, 2.45) is 0 Å². The van der Waals surface area contributed by atoms with Crippen molar-refractivity contribution in [2.45, 2.75) is 71.4 Å². The molecule has 0 saturated heterocycles. The molecule has 0 bridgehead atoms. The van der Waals surface area contributed by atoms with Crippen molar-refractivity contribution >= 4 is 12.3 Å². The van der Waals surface area contributed by atoms with Crippen LogP contribution in [-0.2, 0) is 14.3 Å². The van der Waals surface area contributed by atoms with Crippen LogP contribution in [0.2, 0.25) is 0 Å². The Morgan fingerprint density at radius 1 is 1.08 bits per heavy atom. The van der Waals surface area contributed by atoms with Crippen LogP contribution in [0.15, 0.2) is 30.3 Å². The van der Waals surface area contributed by atoms with Gasteiger partial charge in [-0.15, -0.1) is 0 Å². The van der Waals surface area contributed by atoms with Crippen LogP contribution >= 0.6 is 0 Å². The molecular formula is C21H33NO3. The van der Waals surface area contributed by atoms with Gasteiger partial charge in [0.1, 0.15) is 5.78 Å². The fourth-order valence-electron chi connectivity index (χ4n) is 3.09. The molecule has 25 heavy (non-hydrogen) atoms. The molecule has 4 heteroatoms. The van der Waals surface area contributed by atoms with Crippen molar-refractivity contribution in [3.05, 3.63) is 35.9 Å². The Morgan fingerprint density at radius 2 is 1.68 bits per heavy atom. The molecule has 1 aromatic rings. The third-order valence-electron chi connectivity index (χ3n) is 4.54. The number of carbonyl (C=O) groups excluding carboxylic acids is 2. The lowest BCUT2D eigenvalue weighted by Crippen LogP contribution is -2.37. The maximum Gasteiger partial charge on any atom is 0.293 e. The van der Waals surface area contributed by atoms with Gasteiger partial charge in [0.15, 0.2) is 0 Å². The molecule has 1 aliphatic carbocycles. The van der Waals surface area contributed by atoms with Crippen molar-refractivity contribution in [3.8, 4) is 0 Å². The molecule has 140 valence electrons. The van der Waals surface area contributed by atoms with Gasteiger partial charge in [0, 0.05) is 24.9 Å². The third-order valence-corrected chi connectivity index (χ3v) is 4.54. The van der Waals surface area contributed by atoms with Gasteiger partial charge < -0.3 is 4.74 Å². The highest BCUT2D eigenvalue weighted by molar-refractivity contribution is 5.86. The standard InChI is InChI=1S/C11H23NO2.C10H10O/c1-10(2)12(11(3)4)7-5-6-8-14-9-13;11-10-6-9(7-10)8-4-2-1-3-5-8/h9-11H,5-8H2,1-4H3;1-5,9H,6-7H2. The molecule has 0 unspecified atom stereocenters. The van der Waals surface area contributed by atoms with Crippen molar-refractivity contribution in [1.29, 1.82) is 0 Å². The van der Waals surface area contributed by atoms with E-state index in [0.717, 1.165) is 32.2 Å². The molecule has 0 heterocycles. The van der Waals surface area contributed by atoms with E-state index in [-0.39, 0.29) is 0 Å². The van der Waals surface area contributed by atoms with Crippen LogP contribution < -0.4 is 0 Å². The quantitative estimate of drug-likeness (QED) is 0.496. The number of rotatable bonds is 9. The molecule has 2 rings (SSSR count). The maximum atomic E-state index is 10.7. The summed E-state index contributed by atoms with van der Waals surface area (Å²) in [6.07, 6.45) is 3.55. The lowest BCUT2D eigenvalue weighted by molar-refractivity contribution is -0.129. The topological polar surface area (TPSA) is 46.6 Å². The van der Waals surface area contributed by atoms with Crippen LogP contribution in [-0.4, -0.2) is 42.4 Å². The number of carbonyl (C=O) groups is 2. The molecule has 4 nitrogen and oxygen atoms in total. The van der Waals surface area contributed by atoms with Gasteiger partial charge in [0.2, 0.25) is 0 Å². The van der Waals surface area contributed by atoms with Gasteiger partial charge in [-0.1, -0.05) is 30.3 Å². The number of ether oxygens (including phenoxy) is 1. The number of nitrogens with zero attached hydrogens (tertiary/aromatic N) is 1. The number of Topliss-reactive ketones (excluding diaryl/α,β-unsaturated/α-hetero) is 1. The molecule has 1 aromatic carbocycles. The smallest absolute Gasteiger partial charge is 0.293 e. The zero-order chi connectivity index (χ0) is 18.7. The summed E-state index contributed by atoms with van der Waals surface area (Å²) < 4.78 is 4.64. The van der Waals surface area contributed by atoms with Crippen LogP contribution in [0.5, 0.6) is 0 Å². The average molecular weight is 347 g/mol. The van der Waals surface area contributed by atoms with E-state index in [2.05, 4.69) is 49.5 Å². The minimum absolute atomic E-state index is 0.402. The number of hydrogen-bond acceptors (Lipinski definition) is 4. The monoisotopic (exact) mass is 347 g/mol. The van der Waals surface area contributed by atoms with Crippen molar-refractivity contribution in [1.82, 2.24) is 4.90 Å². The van der Waals surface area contributed by atoms with Crippen LogP contribution in [0.25, 0.3) is 0 Å². The SMILES string of the molecule is CC(C)N(CCCCOC=O)C(C)C.O=C1CC(c2ccccc2)C1. The Hall–Kier alpha value is -1.68. The van der Waals surface area contributed by atoms with Gasteiger partial charge in [0.25, 0.3) is 6.47 Å². The molecule has 1 aliphatic rings. The van der Waals surface area contributed by atoms with Gasteiger partial charge in [-0.2, -0.15) is 0 Å². The van der Waals surface area contributed by atoms with E-state index in [0.29, 0.717) is 36.9 Å². The lowest BCUT2D eigenvalue weighted by Gasteiger charge is -2.30. The number of ketones is 1. The fraction of sp³-hybridized carbons (Fsp3) is 0.619. The Morgan fingerprint density at radius 3 is 2.16 bits per heavy atom. The predicted octanol–water partition coefficient (Wildman–Crippen LogP) is 4.19. The minimum Gasteiger partial charge on any atom is -0.468 e. The van der Waals surface area contributed by atoms with Gasteiger partial charge in [-0.05, 0) is 58.6 Å². The maximum absolute atomic E-state index is 10.7. The Kier molecular flexibility index (Phi) is 10.1. The largest absolute Gasteiger partial charge is 0.468 e. The summed E-state index contributed by atoms with van der Waals surface area (Å²) in [5.74, 6) is 0.919. The molecule has 0 amide bonds. The molecule has 0 atom stereocenters. The van der Waals surface area contributed by atoms with Crippen molar-refractivity contribution in [3.63, 3.8) is 0 Å². The summed E-state index contributed by atoms with van der Waals surface area (Å²) in [5.41, 5.74) is 1.31. The van der Waals surface area contributed by atoms with Crippen LogP contribution in [0.4, 0.5) is 0 Å². The van der Waals surface area contributed by atoms with Gasteiger partial charge in [-0.3, -0.25) is 14.5 Å². The summed E-state index contributed by atoms with van der Waals surface area (Å²) in [6.45, 7) is 11.0. The van der Waals surface area contributed by atoms with Crippen LogP contribution in [0.3, 0.4) is 0 Å². The lowest BCUT2D eigenvalue weighted by atomic mass is 9.79. The molecule has 0 radical (unpaired) electrons. The second-order valence-electron chi connectivity index (χ2n) is 7.15. The van der Waals surface area contributed by atoms with E-state index in [1.54, 1.807) is 0 Å². The van der Waals surface area contributed by atoms with Crippen LogP contribution in [0, 0.1) is 0 Å². The number of benzene rings is 1. The average Bonchev–Trinajstić information content (AvgIpc) is 2.56. The number of unbranched alkanes of at least 4 members (excludes halogenated alkanes) is 1. The summed E-state index contributed by atoms with van der Waals surface area (Å²) >= 11 is 0. The molecule has 1 saturated carbocycles. The second kappa shape index (κ2) is 11.8. The van der Waals surface area contributed by atoms with E-state index in [1.165, 1.54) is 5.56 Å². The van der Waals surface area contributed by atoms with E-state index < -0.39 is 0 Å². The molecular weight excluding hydrogens is 314 g/mol. The molecule has 0 aromatic heterocycles. The zero-order valence-corrected chi connectivity index (χ0v) is 16.1. The first-order valence-corrected chi connectivity index (χ1v) is 9.33. The first-order chi connectivity index (χ1) is 12.0. The van der Waals surface area contributed by atoms with E-state index in [9.17, 15) is 9.59 Å².